The molecule has 5 nitrogen and oxygen atoms in total. The van der Waals surface area contributed by atoms with Crippen LogP contribution in [0.1, 0.15) is 46.7 Å². The van der Waals surface area contributed by atoms with Crippen molar-refractivity contribution < 1.29 is 4.79 Å². The van der Waals surface area contributed by atoms with Crippen molar-refractivity contribution in [3.63, 3.8) is 0 Å². The topological polar surface area (TPSA) is 51.0 Å². The van der Waals surface area contributed by atoms with Crippen LogP contribution in [0.5, 0.6) is 0 Å². The van der Waals surface area contributed by atoms with Crippen molar-refractivity contribution in [3.05, 3.63) is 34.0 Å². The zero-order valence-electron chi connectivity index (χ0n) is 12.5. The molecule has 1 aliphatic rings. The van der Waals surface area contributed by atoms with Gasteiger partial charge in [0.1, 0.15) is 0 Å². The molecule has 2 aromatic rings. The number of hydrogen-bond acceptors (Lipinski definition) is 4. The van der Waals surface area contributed by atoms with Crippen LogP contribution in [0.15, 0.2) is 17.8 Å². The van der Waals surface area contributed by atoms with Crippen LogP contribution in [-0.4, -0.2) is 38.7 Å². The van der Waals surface area contributed by atoms with Crippen LogP contribution in [0.25, 0.3) is 0 Å². The molecule has 3 heterocycles. The molecule has 0 aliphatic carbocycles. The van der Waals surface area contributed by atoms with Crippen molar-refractivity contribution in [2.24, 2.45) is 0 Å². The molecule has 1 saturated heterocycles. The average Bonchev–Trinajstić information content (AvgIpc) is 3.16. The maximum absolute atomic E-state index is 12.7. The van der Waals surface area contributed by atoms with Gasteiger partial charge in [0.25, 0.3) is 5.91 Å². The van der Waals surface area contributed by atoms with Crippen LogP contribution in [0.2, 0.25) is 0 Å². The Labute approximate surface area is 128 Å². The summed E-state index contributed by atoms with van der Waals surface area (Å²) in [5.74, 6) is 0.484. The Hall–Kier alpha value is -1.69. The van der Waals surface area contributed by atoms with Crippen LogP contribution < -0.4 is 0 Å². The fourth-order valence-corrected chi connectivity index (χ4v) is 3.63. The zero-order chi connectivity index (χ0) is 14.8. The first-order chi connectivity index (χ1) is 10.2. The Morgan fingerprint density at radius 2 is 2.38 bits per heavy atom. The van der Waals surface area contributed by atoms with Gasteiger partial charge in [-0.1, -0.05) is 0 Å². The lowest BCUT2D eigenvalue weighted by atomic mass is 9.98. The minimum atomic E-state index is 0.105. The number of aryl methyl sites for hydroxylation is 2. The largest absolute Gasteiger partial charge is 0.338 e. The van der Waals surface area contributed by atoms with E-state index in [4.69, 9.17) is 0 Å². The van der Waals surface area contributed by atoms with Gasteiger partial charge >= 0.3 is 0 Å². The van der Waals surface area contributed by atoms with Crippen LogP contribution in [0, 0.1) is 6.92 Å². The Kier molecular flexibility index (Phi) is 4.05. The Bertz CT molecular complexity index is 620. The summed E-state index contributed by atoms with van der Waals surface area (Å²) in [6.07, 6.45) is 5.86. The molecule has 1 amide bonds. The number of thiazole rings is 1. The molecule has 1 fully saturated rings. The van der Waals surface area contributed by atoms with Gasteiger partial charge in [0.2, 0.25) is 0 Å². The fourth-order valence-electron chi connectivity index (χ4n) is 2.86. The molecule has 0 radical (unpaired) electrons. The Balaban J connectivity index is 1.76. The van der Waals surface area contributed by atoms with E-state index >= 15 is 0 Å². The molecule has 3 rings (SSSR count). The number of carbonyl (C=O) groups is 1. The van der Waals surface area contributed by atoms with Gasteiger partial charge in [0.15, 0.2) is 0 Å². The molecule has 6 heteroatoms. The standard InChI is InChI=1S/C15H20N4OS/c1-3-19-10-13(11(2)17-19)15(20)18-7-4-5-12(9-18)14-16-6-8-21-14/h6,8,10,12H,3-5,7,9H2,1-2H3. The second kappa shape index (κ2) is 5.97. The van der Waals surface area contributed by atoms with Gasteiger partial charge < -0.3 is 4.90 Å². The number of carbonyl (C=O) groups excluding carboxylic acids is 1. The highest BCUT2D eigenvalue weighted by Gasteiger charge is 2.28. The molecule has 112 valence electrons. The molecule has 1 unspecified atom stereocenters. The van der Waals surface area contributed by atoms with Crippen molar-refractivity contribution in [2.75, 3.05) is 13.1 Å². The summed E-state index contributed by atoms with van der Waals surface area (Å²) in [5.41, 5.74) is 1.55. The summed E-state index contributed by atoms with van der Waals surface area (Å²) in [6.45, 7) is 6.32. The van der Waals surface area contributed by atoms with Gasteiger partial charge in [-0.15, -0.1) is 11.3 Å². The lowest BCUT2D eigenvalue weighted by Crippen LogP contribution is -2.39. The highest BCUT2D eigenvalue weighted by atomic mass is 32.1. The molecule has 21 heavy (non-hydrogen) atoms. The van der Waals surface area contributed by atoms with E-state index in [1.165, 1.54) is 0 Å². The molecule has 1 aliphatic heterocycles. The van der Waals surface area contributed by atoms with E-state index in [2.05, 4.69) is 10.1 Å². The van der Waals surface area contributed by atoms with Crippen molar-refractivity contribution in [1.82, 2.24) is 19.7 Å². The number of piperidine rings is 1. The smallest absolute Gasteiger partial charge is 0.257 e. The zero-order valence-corrected chi connectivity index (χ0v) is 13.3. The van der Waals surface area contributed by atoms with E-state index in [-0.39, 0.29) is 5.91 Å². The molecular formula is C15H20N4OS. The first-order valence-electron chi connectivity index (χ1n) is 7.41. The van der Waals surface area contributed by atoms with Crippen LogP contribution in [-0.2, 0) is 6.54 Å². The highest BCUT2D eigenvalue weighted by molar-refractivity contribution is 7.09. The van der Waals surface area contributed by atoms with Gasteiger partial charge in [0.05, 0.1) is 16.3 Å². The summed E-state index contributed by atoms with van der Waals surface area (Å²) >= 11 is 1.68. The van der Waals surface area contributed by atoms with Gasteiger partial charge in [-0.2, -0.15) is 5.10 Å². The summed E-state index contributed by atoms with van der Waals surface area (Å²) in [5, 5.41) is 7.53. The number of amides is 1. The Morgan fingerprint density at radius 1 is 1.52 bits per heavy atom. The van der Waals surface area contributed by atoms with Gasteiger partial charge in [-0.3, -0.25) is 9.48 Å². The van der Waals surface area contributed by atoms with Crippen molar-refractivity contribution in [2.45, 2.75) is 39.2 Å². The average molecular weight is 304 g/mol. The van der Waals surface area contributed by atoms with Gasteiger partial charge in [0, 0.05) is 43.3 Å². The molecule has 0 bridgehead atoms. The third kappa shape index (κ3) is 2.85. The molecule has 0 spiro atoms. The molecular weight excluding hydrogens is 284 g/mol. The summed E-state index contributed by atoms with van der Waals surface area (Å²) in [7, 11) is 0. The van der Waals surface area contributed by atoms with E-state index in [1.54, 1.807) is 11.3 Å². The second-order valence-corrected chi connectivity index (χ2v) is 6.37. The summed E-state index contributed by atoms with van der Waals surface area (Å²) in [6, 6.07) is 0. The van der Waals surface area contributed by atoms with Crippen LogP contribution in [0.3, 0.4) is 0 Å². The van der Waals surface area contributed by atoms with E-state index in [0.717, 1.165) is 48.7 Å². The Morgan fingerprint density at radius 3 is 3.05 bits per heavy atom. The SMILES string of the molecule is CCn1cc(C(=O)N2CCCC(c3nccs3)C2)c(C)n1. The second-order valence-electron chi connectivity index (χ2n) is 5.44. The number of rotatable bonds is 3. The van der Waals surface area contributed by atoms with E-state index in [1.807, 2.05) is 41.2 Å². The van der Waals surface area contributed by atoms with Crippen LogP contribution >= 0.6 is 11.3 Å². The lowest BCUT2D eigenvalue weighted by Gasteiger charge is -2.31. The van der Waals surface area contributed by atoms with Gasteiger partial charge in [-0.25, -0.2) is 4.98 Å². The minimum Gasteiger partial charge on any atom is -0.338 e. The van der Waals surface area contributed by atoms with Crippen molar-refractivity contribution >= 4 is 17.2 Å². The summed E-state index contributed by atoms with van der Waals surface area (Å²) < 4.78 is 1.82. The first-order valence-corrected chi connectivity index (χ1v) is 8.29. The monoisotopic (exact) mass is 304 g/mol. The maximum Gasteiger partial charge on any atom is 0.257 e. The highest BCUT2D eigenvalue weighted by Crippen LogP contribution is 2.29. The third-order valence-corrected chi connectivity index (χ3v) is 4.95. The minimum absolute atomic E-state index is 0.105. The molecule has 0 aromatic carbocycles. The first kappa shape index (κ1) is 14.3. The molecule has 0 N–H and O–H groups in total. The van der Waals surface area contributed by atoms with E-state index in [0.29, 0.717) is 5.92 Å². The fraction of sp³-hybridized carbons (Fsp3) is 0.533. The third-order valence-electron chi connectivity index (χ3n) is 4.01. The quantitative estimate of drug-likeness (QED) is 0.876. The summed E-state index contributed by atoms with van der Waals surface area (Å²) in [4.78, 5) is 19.1. The number of likely N-dealkylation sites (tertiary alicyclic amines) is 1. The number of aromatic nitrogens is 3. The van der Waals surface area contributed by atoms with Crippen LogP contribution in [0.4, 0.5) is 0 Å². The van der Waals surface area contributed by atoms with Crippen molar-refractivity contribution in [3.8, 4) is 0 Å². The molecule has 1 atom stereocenters. The predicted molar refractivity (Wildman–Crippen MR) is 82.6 cm³/mol. The maximum atomic E-state index is 12.7. The number of nitrogens with zero attached hydrogens (tertiary/aromatic N) is 4. The normalized spacial score (nSPS) is 19.0. The van der Waals surface area contributed by atoms with Crippen molar-refractivity contribution in [1.29, 1.82) is 0 Å². The predicted octanol–water partition coefficient (Wildman–Crippen LogP) is 2.69. The number of hydrogen-bond donors (Lipinski definition) is 0. The molecule has 0 saturated carbocycles. The van der Waals surface area contributed by atoms with E-state index in [9.17, 15) is 4.79 Å². The lowest BCUT2D eigenvalue weighted by molar-refractivity contribution is 0.0706. The van der Waals surface area contributed by atoms with E-state index < -0.39 is 0 Å². The van der Waals surface area contributed by atoms with Gasteiger partial charge in [-0.05, 0) is 26.7 Å². The molecule has 2 aromatic heterocycles.